The molecule has 0 saturated heterocycles. The van der Waals surface area contributed by atoms with Crippen molar-refractivity contribution in [2.45, 2.75) is 40.2 Å². The van der Waals surface area contributed by atoms with Crippen molar-refractivity contribution in [3.8, 4) is 5.69 Å². The number of aryl methyl sites for hydroxylation is 1. The number of benzene rings is 1. The largest absolute Gasteiger partial charge is 0.468 e. The molecule has 12 heteroatoms. The van der Waals surface area contributed by atoms with Crippen LogP contribution in [0.3, 0.4) is 0 Å². The van der Waals surface area contributed by atoms with Crippen LogP contribution in [0.2, 0.25) is 0 Å². The maximum absolute atomic E-state index is 13.3. The third kappa shape index (κ3) is 6.02. The lowest BCUT2D eigenvalue weighted by Crippen LogP contribution is -2.31. The molecule has 1 atom stereocenters. The van der Waals surface area contributed by atoms with Gasteiger partial charge in [-0.05, 0) is 37.6 Å². The van der Waals surface area contributed by atoms with Gasteiger partial charge in [-0.3, -0.25) is 19.4 Å². The highest BCUT2D eigenvalue weighted by Crippen LogP contribution is 2.24. The number of methoxy groups -OCH3 is 1. The molecule has 11 nitrogen and oxygen atoms in total. The van der Waals surface area contributed by atoms with Crippen molar-refractivity contribution < 1.29 is 27.9 Å². The number of hydrogen-bond donors (Lipinski definition) is 2. The van der Waals surface area contributed by atoms with Gasteiger partial charge in [0.15, 0.2) is 5.69 Å². The number of carbonyl (C=O) groups excluding carboxylic acids is 3. The molecule has 3 heterocycles. The number of aromatic nitrogens is 4. The average Bonchev–Trinajstić information content (AvgIpc) is 3.55. The lowest BCUT2D eigenvalue weighted by molar-refractivity contribution is -0.139. The lowest BCUT2D eigenvalue weighted by atomic mass is 10.1. The van der Waals surface area contributed by atoms with Crippen LogP contribution >= 0.6 is 0 Å². The first-order valence-corrected chi connectivity index (χ1v) is 12.0. The molecule has 4 rings (SSSR count). The number of esters is 1. The first-order chi connectivity index (χ1) is 18.3. The number of fused-ring (bicyclic) bond motifs is 1. The molecule has 0 aliphatic carbocycles. The van der Waals surface area contributed by atoms with Gasteiger partial charge in [-0.2, -0.15) is 5.10 Å². The van der Waals surface area contributed by atoms with Crippen LogP contribution in [0, 0.1) is 12.7 Å². The smallest absolute Gasteiger partial charge is 0.325 e. The normalized spacial score (nSPS) is 11.3. The highest BCUT2D eigenvalue weighted by Gasteiger charge is 2.25. The molecule has 200 valence electrons. The summed E-state index contributed by atoms with van der Waals surface area (Å²) in [4.78, 5) is 45.3. The fourth-order valence-corrected chi connectivity index (χ4v) is 3.57. The number of halogens is 1. The second-order valence-corrected chi connectivity index (χ2v) is 7.80. The van der Waals surface area contributed by atoms with Gasteiger partial charge < -0.3 is 19.8 Å². The second kappa shape index (κ2) is 12.6. The second-order valence-electron chi connectivity index (χ2n) is 7.80. The summed E-state index contributed by atoms with van der Waals surface area (Å²) in [5.74, 6) is -1.63. The van der Waals surface area contributed by atoms with E-state index < -0.39 is 23.8 Å². The molecule has 0 aliphatic rings. The zero-order valence-corrected chi connectivity index (χ0v) is 21.7. The summed E-state index contributed by atoms with van der Waals surface area (Å²) in [7, 11) is 1.21. The fraction of sp³-hybridized carbons (Fsp3) is 0.308. The van der Waals surface area contributed by atoms with E-state index in [9.17, 15) is 18.8 Å². The molecule has 0 spiro atoms. The number of oxazole rings is 1. The molecular weight excluding hydrogens is 495 g/mol. The van der Waals surface area contributed by atoms with Gasteiger partial charge in [-0.25, -0.2) is 14.1 Å². The molecule has 0 radical (unpaired) electrons. The highest BCUT2D eigenvalue weighted by molar-refractivity contribution is 6.06. The molecule has 1 aromatic carbocycles. The Morgan fingerprint density at radius 1 is 1.11 bits per heavy atom. The Kier molecular flexibility index (Phi) is 9.25. The van der Waals surface area contributed by atoms with E-state index in [2.05, 4.69) is 30.4 Å². The summed E-state index contributed by atoms with van der Waals surface area (Å²) in [6.07, 6.45) is 4.95. The minimum Gasteiger partial charge on any atom is -0.468 e. The van der Waals surface area contributed by atoms with Gasteiger partial charge in [0.25, 0.3) is 11.8 Å². The first kappa shape index (κ1) is 28.0. The Hall–Kier alpha value is -4.61. The molecule has 4 aromatic rings. The van der Waals surface area contributed by atoms with Crippen molar-refractivity contribution in [1.29, 1.82) is 0 Å². The Morgan fingerprint density at radius 2 is 1.82 bits per heavy atom. The van der Waals surface area contributed by atoms with Gasteiger partial charge in [-0.1, -0.05) is 20.8 Å². The van der Waals surface area contributed by atoms with E-state index in [-0.39, 0.29) is 35.3 Å². The third-order valence-electron chi connectivity index (χ3n) is 5.47. The predicted molar refractivity (Wildman–Crippen MR) is 136 cm³/mol. The van der Waals surface area contributed by atoms with E-state index in [0.717, 1.165) is 0 Å². The zero-order chi connectivity index (χ0) is 27.8. The zero-order valence-electron chi connectivity index (χ0n) is 21.7. The number of pyridine rings is 1. The minimum atomic E-state index is -0.638. The van der Waals surface area contributed by atoms with E-state index >= 15 is 0 Å². The lowest BCUT2D eigenvalue weighted by Gasteiger charge is -2.14. The van der Waals surface area contributed by atoms with Crippen molar-refractivity contribution in [3.05, 3.63) is 71.6 Å². The van der Waals surface area contributed by atoms with Gasteiger partial charge in [0.2, 0.25) is 5.89 Å². The summed E-state index contributed by atoms with van der Waals surface area (Å²) < 4.78 is 25.0. The Balaban J connectivity index is 0.00000195. The van der Waals surface area contributed by atoms with Gasteiger partial charge in [0.05, 0.1) is 36.3 Å². The Morgan fingerprint density at radius 3 is 2.47 bits per heavy atom. The van der Waals surface area contributed by atoms with Gasteiger partial charge in [0.1, 0.15) is 24.2 Å². The molecule has 0 saturated carbocycles. The number of nitrogens with zero attached hydrogens (tertiary/aromatic N) is 4. The molecule has 38 heavy (non-hydrogen) atoms. The van der Waals surface area contributed by atoms with Gasteiger partial charge in [-0.15, -0.1) is 0 Å². The minimum absolute atomic E-state index is 0.00550. The van der Waals surface area contributed by atoms with Crippen molar-refractivity contribution in [3.63, 3.8) is 0 Å². The fourth-order valence-electron chi connectivity index (χ4n) is 3.57. The van der Waals surface area contributed by atoms with Crippen molar-refractivity contribution in [2.24, 2.45) is 0 Å². The number of ether oxygens (including phenoxy) is 1. The van der Waals surface area contributed by atoms with Crippen molar-refractivity contribution in [1.82, 2.24) is 30.4 Å². The van der Waals surface area contributed by atoms with E-state index in [1.807, 2.05) is 20.8 Å². The molecule has 0 bridgehead atoms. The van der Waals surface area contributed by atoms with Crippen LogP contribution < -0.4 is 10.6 Å². The predicted octanol–water partition coefficient (Wildman–Crippen LogP) is 3.67. The monoisotopic (exact) mass is 524 g/mol. The maximum Gasteiger partial charge on any atom is 0.325 e. The molecule has 0 fully saturated rings. The molecule has 2 N–H and O–H groups in total. The maximum atomic E-state index is 13.3. The van der Waals surface area contributed by atoms with Crippen LogP contribution in [0.4, 0.5) is 4.39 Å². The number of rotatable bonds is 8. The van der Waals surface area contributed by atoms with Gasteiger partial charge in [0, 0.05) is 11.6 Å². The van der Waals surface area contributed by atoms with Crippen LogP contribution in [0.1, 0.15) is 65.7 Å². The Bertz CT molecular complexity index is 1430. The van der Waals surface area contributed by atoms with Crippen molar-refractivity contribution in [2.75, 3.05) is 13.7 Å². The van der Waals surface area contributed by atoms with Crippen LogP contribution in [-0.2, 0) is 9.53 Å². The van der Waals surface area contributed by atoms with E-state index in [1.165, 1.54) is 31.6 Å². The summed E-state index contributed by atoms with van der Waals surface area (Å²) >= 11 is 0. The summed E-state index contributed by atoms with van der Waals surface area (Å²) in [6, 6.07) is 5.15. The molecule has 1 unspecified atom stereocenters. The average molecular weight is 525 g/mol. The van der Waals surface area contributed by atoms with Crippen LogP contribution in [0.15, 0.2) is 47.3 Å². The van der Waals surface area contributed by atoms with E-state index in [1.54, 1.807) is 29.9 Å². The van der Waals surface area contributed by atoms with Crippen LogP contribution in [-0.4, -0.2) is 51.2 Å². The highest BCUT2D eigenvalue weighted by atomic mass is 19.1. The topological polar surface area (TPSA) is 141 Å². The summed E-state index contributed by atoms with van der Waals surface area (Å²) in [5, 5.41) is 10.1. The SMILES string of the molecule is CC.CCC(NC(=O)c1cncc2c1cnn2-c1ccc(F)cc1)c1nc(C(=O)NCC(=O)OC)c(C)o1. The summed E-state index contributed by atoms with van der Waals surface area (Å²) in [5.41, 5.74) is 1.47. The Labute approximate surface area is 218 Å². The standard InChI is InChI=1S/C24H23FN6O5.C2H6/c1-4-18(24-30-21(13(2)36-24)23(34)27-12-20(32)35-3)29-22(33)17-9-26-11-19-16(17)10-28-31(19)15-7-5-14(25)6-8-15;1-2/h5-11,18H,4,12H2,1-3H3,(H,27,34)(H,29,33);1-2H3. The number of carbonyl (C=O) groups is 3. The number of amides is 2. The molecule has 2 amide bonds. The van der Waals surface area contributed by atoms with Crippen LogP contribution in [0.25, 0.3) is 16.6 Å². The third-order valence-corrected chi connectivity index (χ3v) is 5.47. The van der Waals surface area contributed by atoms with E-state index in [4.69, 9.17) is 4.42 Å². The van der Waals surface area contributed by atoms with Crippen molar-refractivity contribution >= 4 is 28.7 Å². The quantitative estimate of drug-likeness (QED) is 0.333. The number of nitrogens with one attached hydrogen (secondary N) is 2. The summed E-state index contributed by atoms with van der Waals surface area (Å²) in [6.45, 7) is 7.08. The molecular formula is C26H29FN6O5. The van der Waals surface area contributed by atoms with Gasteiger partial charge >= 0.3 is 5.97 Å². The van der Waals surface area contributed by atoms with Crippen LogP contribution in [0.5, 0.6) is 0 Å². The molecule has 3 aromatic heterocycles. The first-order valence-electron chi connectivity index (χ1n) is 12.0. The molecule has 0 aliphatic heterocycles. The van der Waals surface area contributed by atoms with E-state index in [0.29, 0.717) is 23.0 Å². The number of hydrogen-bond acceptors (Lipinski definition) is 8.